The number of rotatable bonds is 2. The van der Waals surface area contributed by atoms with Crippen LogP contribution in [0.4, 0.5) is 0 Å². The molecule has 1 N–H and O–H groups in total. The van der Waals surface area contributed by atoms with Crippen LogP contribution >= 0.6 is 11.8 Å². The van der Waals surface area contributed by atoms with Gasteiger partial charge in [0.25, 0.3) is 0 Å². The van der Waals surface area contributed by atoms with Gasteiger partial charge in [-0.05, 0) is 0 Å². The third-order valence-corrected chi connectivity index (χ3v) is 2.64. The standard InChI is InChI=1S/C5H7NO2S2/c7-4(3-10-8)5-6-1-2-9-5/h3,5-6H,1-2H2. The molecule has 0 amide bonds. The number of carbonyl (C=O) groups is 1. The minimum atomic E-state index is -0.165. The van der Waals surface area contributed by atoms with Gasteiger partial charge in [0.1, 0.15) is 5.37 Å². The van der Waals surface area contributed by atoms with E-state index in [1.165, 1.54) is 0 Å². The lowest BCUT2D eigenvalue weighted by atomic mass is 10.4. The minimum Gasteiger partial charge on any atom is -0.298 e. The molecule has 1 heterocycles. The van der Waals surface area contributed by atoms with E-state index in [2.05, 4.69) is 5.32 Å². The van der Waals surface area contributed by atoms with Crippen molar-refractivity contribution in [2.45, 2.75) is 5.37 Å². The molecule has 1 saturated heterocycles. The van der Waals surface area contributed by atoms with Crippen LogP contribution in [0.2, 0.25) is 0 Å². The van der Waals surface area contributed by atoms with Crippen LogP contribution in [0.25, 0.3) is 0 Å². The molecular weight excluding hydrogens is 170 g/mol. The molecule has 1 fully saturated rings. The molecule has 56 valence electrons. The van der Waals surface area contributed by atoms with E-state index in [4.69, 9.17) is 0 Å². The molecule has 0 aromatic carbocycles. The fourth-order valence-corrected chi connectivity index (χ4v) is 1.97. The molecule has 3 nitrogen and oxygen atoms in total. The van der Waals surface area contributed by atoms with Gasteiger partial charge in [-0.25, -0.2) is 4.21 Å². The van der Waals surface area contributed by atoms with E-state index in [-0.39, 0.29) is 22.4 Å². The SMILES string of the molecule is O=S=CC(=O)C1NCCS1. The number of carbonyl (C=O) groups excluding carboxylic acids is 1. The highest BCUT2D eigenvalue weighted by atomic mass is 32.2. The molecule has 10 heavy (non-hydrogen) atoms. The number of hydrogen-bond donors (Lipinski definition) is 1. The van der Waals surface area contributed by atoms with E-state index in [1.54, 1.807) is 11.8 Å². The molecule has 5 heteroatoms. The molecule has 1 aliphatic heterocycles. The summed E-state index contributed by atoms with van der Waals surface area (Å²) in [5.41, 5.74) is 0. The molecule has 1 atom stereocenters. The Morgan fingerprint density at radius 2 is 2.60 bits per heavy atom. The summed E-state index contributed by atoms with van der Waals surface area (Å²) in [7, 11) is 0. The van der Waals surface area contributed by atoms with Crippen LogP contribution in [0.5, 0.6) is 0 Å². The Morgan fingerprint density at radius 3 is 3.10 bits per heavy atom. The van der Waals surface area contributed by atoms with Crippen molar-refractivity contribution < 1.29 is 9.00 Å². The second-order valence-corrected chi connectivity index (χ2v) is 3.46. The van der Waals surface area contributed by atoms with Gasteiger partial charge in [0.2, 0.25) is 0 Å². The van der Waals surface area contributed by atoms with E-state index in [0.29, 0.717) is 0 Å². The lowest BCUT2D eigenvalue weighted by molar-refractivity contribution is -0.112. The second kappa shape index (κ2) is 3.90. The van der Waals surface area contributed by atoms with E-state index < -0.39 is 0 Å². The maximum absolute atomic E-state index is 10.9. The van der Waals surface area contributed by atoms with Gasteiger partial charge in [-0.3, -0.25) is 10.1 Å². The number of thioether (sulfide) groups is 1. The monoisotopic (exact) mass is 177 g/mol. The zero-order chi connectivity index (χ0) is 7.40. The van der Waals surface area contributed by atoms with Gasteiger partial charge in [-0.1, -0.05) is 0 Å². The van der Waals surface area contributed by atoms with Crippen LogP contribution in [0.15, 0.2) is 0 Å². The van der Waals surface area contributed by atoms with Crippen molar-refractivity contribution in [2.75, 3.05) is 12.3 Å². The third kappa shape index (κ3) is 1.93. The number of Topliss-reactive ketones (excluding diaryl/α,β-unsaturated/α-hetero) is 1. The Labute approximate surface area is 66.6 Å². The Bertz CT molecular complexity index is 182. The first-order valence-electron chi connectivity index (χ1n) is 2.85. The largest absolute Gasteiger partial charge is 0.298 e. The lowest BCUT2D eigenvalue weighted by Gasteiger charge is -2.00. The van der Waals surface area contributed by atoms with Crippen LogP contribution in [0.3, 0.4) is 0 Å². The van der Waals surface area contributed by atoms with Crippen molar-refractivity contribution in [2.24, 2.45) is 0 Å². The quantitative estimate of drug-likeness (QED) is 0.563. The Hall–Kier alpha value is -0.130. The molecule has 1 aliphatic rings. The van der Waals surface area contributed by atoms with Crippen molar-refractivity contribution in [1.82, 2.24) is 5.32 Å². The summed E-state index contributed by atoms with van der Waals surface area (Å²) < 4.78 is 9.90. The number of hydrogen-bond acceptors (Lipinski definition) is 4. The van der Waals surface area contributed by atoms with Gasteiger partial charge in [0.05, 0.1) is 16.6 Å². The average molecular weight is 177 g/mol. The Kier molecular flexibility index (Phi) is 3.11. The predicted molar refractivity (Wildman–Crippen MR) is 43.5 cm³/mol. The van der Waals surface area contributed by atoms with Gasteiger partial charge in [-0.15, -0.1) is 11.8 Å². The summed E-state index contributed by atoms with van der Waals surface area (Å²) >= 11 is 1.76. The molecule has 1 rings (SSSR count). The summed E-state index contributed by atoms with van der Waals surface area (Å²) in [6, 6.07) is 0. The second-order valence-electron chi connectivity index (χ2n) is 1.82. The molecular formula is C5H7NO2S2. The van der Waals surface area contributed by atoms with Crippen molar-refractivity contribution in [3.8, 4) is 0 Å². The maximum atomic E-state index is 10.9. The van der Waals surface area contributed by atoms with Crippen molar-refractivity contribution in [3.63, 3.8) is 0 Å². The molecule has 0 aromatic rings. The zero-order valence-electron chi connectivity index (χ0n) is 5.20. The van der Waals surface area contributed by atoms with Gasteiger partial charge >= 0.3 is 0 Å². The topological polar surface area (TPSA) is 46.2 Å². The van der Waals surface area contributed by atoms with E-state index in [0.717, 1.165) is 17.7 Å². The summed E-state index contributed by atoms with van der Waals surface area (Å²) in [4.78, 5) is 10.9. The summed E-state index contributed by atoms with van der Waals surface area (Å²) in [6.45, 7) is 0.860. The van der Waals surface area contributed by atoms with E-state index >= 15 is 0 Å². The minimum absolute atomic E-state index is 0.109. The molecule has 0 radical (unpaired) electrons. The van der Waals surface area contributed by atoms with Crippen molar-refractivity contribution >= 4 is 34.2 Å². The normalized spacial score (nSPS) is 24.2. The number of ketones is 1. The highest BCUT2D eigenvalue weighted by molar-refractivity contribution is 8.01. The van der Waals surface area contributed by atoms with Gasteiger partial charge in [-0.2, -0.15) is 0 Å². The first kappa shape index (κ1) is 7.97. The molecule has 1 unspecified atom stereocenters. The predicted octanol–water partition coefficient (Wildman–Crippen LogP) is -0.767. The Morgan fingerprint density at radius 1 is 1.80 bits per heavy atom. The van der Waals surface area contributed by atoms with Gasteiger partial charge in [0, 0.05) is 12.3 Å². The van der Waals surface area contributed by atoms with E-state index in [1.807, 2.05) is 0 Å². The van der Waals surface area contributed by atoms with Gasteiger partial charge < -0.3 is 0 Å². The van der Waals surface area contributed by atoms with Crippen LogP contribution in [-0.4, -0.2) is 33.0 Å². The van der Waals surface area contributed by atoms with E-state index in [9.17, 15) is 9.00 Å². The first-order valence-corrected chi connectivity index (χ1v) is 4.70. The van der Waals surface area contributed by atoms with Crippen LogP contribution in [0.1, 0.15) is 0 Å². The molecule has 0 spiro atoms. The summed E-state index contributed by atoms with van der Waals surface area (Å²) in [6.07, 6.45) is 0. The lowest BCUT2D eigenvalue weighted by Crippen LogP contribution is -2.29. The summed E-state index contributed by atoms with van der Waals surface area (Å²) in [5, 5.41) is 3.91. The van der Waals surface area contributed by atoms with Gasteiger partial charge in [0.15, 0.2) is 5.78 Å². The molecule has 0 bridgehead atoms. The van der Waals surface area contributed by atoms with Crippen LogP contribution < -0.4 is 5.32 Å². The highest BCUT2D eigenvalue weighted by Crippen LogP contribution is 2.12. The number of nitrogens with one attached hydrogen (secondary N) is 1. The molecule has 0 aliphatic carbocycles. The zero-order valence-corrected chi connectivity index (χ0v) is 6.83. The Balaban J connectivity index is 2.47. The average Bonchev–Trinajstić information content (AvgIpc) is 2.38. The first-order chi connectivity index (χ1) is 4.84. The summed E-state index contributed by atoms with van der Waals surface area (Å²) in [5.74, 6) is 0.843. The molecule has 0 aromatic heterocycles. The van der Waals surface area contributed by atoms with Crippen molar-refractivity contribution in [1.29, 1.82) is 0 Å². The fourth-order valence-electron chi connectivity index (χ4n) is 0.718. The maximum Gasteiger partial charge on any atom is 0.195 e. The smallest absolute Gasteiger partial charge is 0.195 e. The highest BCUT2D eigenvalue weighted by Gasteiger charge is 2.20. The van der Waals surface area contributed by atoms with Crippen LogP contribution in [-0.2, 0) is 16.1 Å². The third-order valence-electron chi connectivity index (χ3n) is 1.14. The van der Waals surface area contributed by atoms with Crippen LogP contribution in [0, 0.1) is 0 Å². The fraction of sp³-hybridized carbons (Fsp3) is 0.600. The molecule has 0 saturated carbocycles. The van der Waals surface area contributed by atoms with Crippen molar-refractivity contribution in [3.05, 3.63) is 0 Å².